The van der Waals surface area contributed by atoms with Crippen LogP contribution in [0.2, 0.25) is 0 Å². The fraction of sp³-hybridized carbons (Fsp3) is 1.00. The van der Waals surface area contributed by atoms with Crippen molar-refractivity contribution < 1.29 is 8.42 Å². The molecule has 1 saturated carbocycles. The molecule has 4 atom stereocenters. The standard InChI is InChI=1S/C14H26N2O2S/c1-16(13-6-7-19(17,18)10-13)9-12-8-11-4-2-3-5-14(11)15-12/h11-15H,2-10H2,1H3. The fourth-order valence-corrected chi connectivity index (χ4v) is 6.00. The Bertz CT molecular complexity index is 409. The number of nitrogens with zero attached hydrogens (tertiary/aromatic N) is 1. The summed E-state index contributed by atoms with van der Waals surface area (Å²) in [6, 6.07) is 1.55. The molecule has 4 unspecified atom stereocenters. The van der Waals surface area contributed by atoms with E-state index in [1.54, 1.807) is 0 Å². The molecular weight excluding hydrogens is 260 g/mol. The van der Waals surface area contributed by atoms with Gasteiger partial charge in [-0.25, -0.2) is 8.42 Å². The maximum Gasteiger partial charge on any atom is 0.151 e. The second-order valence-electron chi connectivity index (χ2n) is 6.75. The third kappa shape index (κ3) is 3.14. The van der Waals surface area contributed by atoms with Crippen LogP contribution in [-0.2, 0) is 9.84 Å². The van der Waals surface area contributed by atoms with Crippen LogP contribution in [0.3, 0.4) is 0 Å². The van der Waals surface area contributed by atoms with Gasteiger partial charge in [-0.1, -0.05) is 12.8 Å². The van der Waals surface area contributed by atoms with Gasteiger partial charge in [0.2, 0.25) is 0 Å². The molecule has 0 aromatic heterocycles. The van der Waals surface area contributed by atoms with Gasteiger partial charge >= 0.3 is 0 Å². The Balaban J connectivity index is 1.52. The first-order valence-electron chi connectivity index (χ1n) is 7.70. The van der Waals surface area contributed by atoms with E-state index in [4.69, 9.17) is 0 Å². The highest BCUT2D eigenvalue weighted by molar-refractivity contribution is 7.91. The quantitative estimate of drug-likeness (QED) is 0.842. The van der Waals surface area contributed by atoms with E-state index in [0.717, 1.165) is 24.9 Å². The third-order valence-corrected chi connectivity index (χ3v) is 7.04. The van der Waals surface area contributed by atoms with Gasteiger partial charge in [0.15, 0.2) is 9.84 Å². The van der Waals surface area contributed by atoms with Gasteiger partial charge in [0, 0.05) is 24.7 Å². The van der Waals surface area contributed by atoms with Crippen molar-refractivity contribution in [3.63, 3.8) is 0 Å². The minimum Gasteiger partial charge on any atom is -0.310 e. The summed E-state index contributed by atoms with van der Waals surface area (Å²) in [6.07, 6.45) is 7.59. The molecule has 110 valence electrons. The van der Waals surface area contributed by atoms with Crippen LogP contribution >= 0.6 is 0 Å². The Hall–Kier alpha value is -0.130. The first-order chi connectivity index (χ1) is 9.03. The summed E-state index contributed by atoms with van der Waals surface area (Å²) in [5, 5.41) is 3.78. The number of rotatable bonds is 3. The summed E-state index contributed by atoms with van der Waals surface area (Å²) in [4.78, 5) is 2.28. The lowest BCUT2D eigenvalue weighted by molar-refractivity contribution is 0.236. The summed E-state index contributed by atoms with van der Waals surface area (Å²) >= 11 is 0. The number of fused-ring (bicyclic) bond motifs is 1. The summed E-state index contributed by atoms with van der Waals surface area (Å²) in [5.41, 5.74) is 0. The van der Waals surface area contributed by atoms with Gasteiger partial charge in [-0.15, -0.1) is 0 Å². The van der Waals surface area contributed by atoms with Gasteiger partial charge in [-0.05, 0) is 38.6 Å². The van der Waals surface area contributed by atoms with Gasteiger partial charge in [0.05, 0.1) is 11.5 Å². The monoisotopic (exact) mass is 286 g/mol. The predicted octanol–water partition coefficient (Wildman–Crippen LogP) is 1.03. The number of likely N-dealkylation sites (N-methyl/N-ethyl adjacent to an activating group) is 1. The summed E-state index contributed by atoms with van der Waals surface area (Å²) in [6.45, 7) is 1.01. The van der Waals surface area contributed by atoms with Crippen LogP contribution in [0.25, 0.3) is 0 Å². The minimum atomic E-state index is -2.76. The molecule has 5 heteroatoms. The fourth-order valence-electron chi connectivity index (χ4n) is 4.19. The van der Waals surface area contributed by atoms with Crippen LogP contribution in [0.1, 0.15) is 38.5 Å². The molecule has 1 aliphatic carbocycles. The van der Waals surface area contributed by atoms with Crippen molar-refractivity contribution >= 4 is 9.84 Å². The van der Waals surface area contributed by atoms with Gasteiger partial charge in [-0.2, -0.15) is 0 Å². The lowest BCUT2D eigenvalue weighted by atomic mass is 9.85. The molecule has 0 bridgehead atoms. The molecule has 2 aliphatic heterocycles. The Kier molecular flexibility index (Phi) is 3.89. The van der Waals surface area contributed by atoms with Crippen molar-refractivity contribution in [3.8, 4) is 0 Å². The van der Waals surface area contributed by atoms with Gasteiger partial charge in [-0.3, -0.25) is 0 Å². The van der Waals surface area contributed by atoms with Crippen LogP contribution < -0.4 is 5.32 Å². The highest BCUT2D eigenvalue weighted by atomic mass is 32.2. The second-order valence-corrected chi connectivity index (χ2v) is 8.98. The smallest absolute Gasteiger partial charge is 0.151 e. The van der Waals surface area contributed by atoms with E-state index < -0.39 is 9.84 Å². The van der Waals surface area contributed by atoms with Crippen molar-refractivity contribution in [1.82, 2.24) is 10.2 Å². The Labute approximate surface area is 116 Å². The molecule has 2 saturated heterocycles. The summed E-state index contributed by atoms with van der Waals surface area (Å²) in [7, 11) is -0.665. The molecule has 0 spiro atoms. The lowest BCUT2D eigenvalue weighted by Crippen LogP contribution is -2.43. The Morgan fingerprint density at radius 3 is 2.68 bits per heavy atom. The zero-order valence-electron chi connectivity index (χ0n) is 11.8. The zero-order chi connectivity index (χ0) is 13.5. The van der Waals surface area contributed by atoms with Crippen LogP contribution in [0.5, 0.6) is 0 Å². The van der Waals surface area contributed by atoms with E-state index >= 15 is 0 Å². The molecule has 3 aliphatic rings. The van der Waals surface area contributed by atoms with Crippen molar-refractivity contribution in [2.45, 2.75) is 56.7 Å². The van der Waals surface area contributed by atoms with Crippen molar-refractivity contribution in [1.29, 1.82) is 0 Å². The number of hydrogen-bond acceptors (Lipinski definition) is 4. The number of sulfone groups is 1. The molecular formula is C14H26N2O2S. The molecule has 0 aromatic carbocycles. The van der Waals surface area contributed by atoms with Crippen molar-refractivity contribution in [2.75, 3.05) is 25.1 Å². The van der Waals surface area contributed by atoms with E-state index in [-0.39, 0.29) is 6.04 Å². The highest BCUT2D eigenvalue weighted by Gasteiger charge is 2.37. The maximum absolute atomic E-state index is 11.5. The minimum absolute atomic E-state index is 0.245. The summed E-state index contributed by atoms with van der Waals surface area (Å²) in [5.74, 6) is 1.62. The van der Waals surface area contributed by atoms with Crippen LogP contribution in [0.15, 0.2) is 0 Å². The average molecular weight is 286 g/mol. The molecule has 0 aromatic rings. The molecule has 0 radical (unpaired) electrons. The molecule has 2 heterocycles. The average Bonchev–Trinajstić information content (AvgIpc) is 2.91. The first-order valence-corrected chi connectivity index (χ1v) is 9.52. The maximum atomic E-state index is 11.5. The van der Waals surface area contributed by atoms with Crippen molar-refractivity contribution in [3.05, 3.63) is 0 Å². The zero-order valence-corrected chi connectivity index (χ0v) is 12.7. The van der Waals surface area contributed by atoms with Crippen LogP contribution in [0.4, 0.5) is 0 Å². The van der Waals surface area contributed by atoms with Crippen LogP contribution in [0, 0.1) is 5.92 Å². The second kappa shape index (κ2) is 5.34. The van der Waals surface area contributed by atoms with E-state index in [9.17, 15) is 8.42 Å². The molecule has 4 nitrogen and oxygen atoms in total. The van der Waals surface area contributed by atoms with Gasteiger partial charge < -0.3 is 10.2 Å². The van der Waals surface area contributed by atoms with Gasteiger partial charge in [0.25, 0.3) is 0 Å². The SMILES string of the molecule is CN(CC1CC2CCCCC2N1)C1CCS(=O)(=O)C1. The molecule has 3 rings (SSSR count). The lowest BCUT2D eigenvalue weighted by Gasteiger charge is -2.26. The molecule has 1 N–H and O–H groups in total. The topological polar surface area (TPSA) is 49.4 Å². The molecule has 19 heavy (non-hydrogen) atoms. The Morgan fingerprint density at radius 1 is 1.21 bits per heavy atom. The Morgan fingerprint density at radius 2 is 2.00 bits per heavy atom. The van der Waals surface area contributed by atoms with E-state index in [2.05, 4.69) is 17.3 Å². The third-order valence-electron chi connectivity index (χ3n) is 5.29. The van der Waals surface area contributed by atoms with Gasteiger partial charge in [0.1, 0.15) is 0 Å². The highest BCUT2D eigenvalue weighted by Crippen LogP contribution is 2.33. The predicted molar refractivity (Wildman–Crippen MR) is 77.0 cm³/mol. The van der Waals surface area contributed by atoms with Crippen molar-refractivity contribution in [2.24, 2.45) is 5.92 Å². The normalized spacial score (nSPS) is 41.6. The number of hydrogen-bond donors (Lipinski definition) is 1. The first kappa shape index (κ1) is 13.8. The number of nitrogens with one attached hydrogen (secondary N) is 1. The summed E-state index contributed by atoms with van der Waals surface area (Å²) < 4.78 is 23.1. The molecule has 3 fully saturated rings. The molecule has 0 amide bonds. The van der Waals surface area contributed by atoms with E-state index in [0.29, 0.717) is 17.5 Å². The van der Waals surface area contributed by atoms with E-state index in [1.807, 2.05) is 0 Å². The van der Waals surface area contributed by atoms with Crippen LogP contribution in [-0.4, -0.2) is 56.5 Å². The van der Waals surface area contributed by atoms with E-state index in [1.165, 1.54) is 32.1 Å². The largest absolute Gasteiger partial charge is 0.310 e.